The van der Waals surface area contributed by atoms with Crippen molar-refractivity contribution >= 4 is 52.2 Å². The number of imide groups is 1. The van der Waals surface area contributed by atoms with E-state index in [1.807, 2.05) is 32.9 Å². The number of carbonyl (C=O) groups is 3. The minimum absolute atomic E-state index is 0.210. The number of rotatable bonds is 6. The molecule has 0 unspecified atom stereocenters. The molecule has 2 aromatic rings. The zero-order chi connectivity index (χ0) is 21.8. The first-order chi connectivity index (χ1) is 14.3. The Bertz CT molecular complexity index is 1050. The number of nitrogens with one attached hydrogen (secondary N) is 1. The van der Waals surface area contributed by atoms with Crippen LogP contribution in [-0.4, -0.2) is 35.1 Å². The standard InChI is InChI=1S/C22H21ClN2O4S/c1-4-29-18-8-6-16(23)10-15(18)11-19-21(27)25(22(28)30-19)12-20(26)24-17-7-5-13(2)14(3)9-17/h5-11H,4,12H2,1-3H3,(H,24,26)/b19-11-. The summed E-state index contributed by atoms with van der Waals surface area (Å²) in [6.07, 6.45) is 1.56. The van der Waals surface area contributed by atoms with Gasteiger partial charge < -0.3 is 10.1 Å². The van der Waals surface area contributed by atoms with Gasteiger partial charge in [0, 0.05) is 16.3 Å². The number of hydrogen-bond donors (Lipinski definition) is 1. The molecule has 0 spiro atoms. The topological polar surface area (TPSA) is 75.7 Å². The molecule has 1 heterocycles. The molecule has 156 valence electrons. The Morgan fingerprint density at radius 1 is 1.17 bits per heavy atom. The fourth-order valence-electron chi connectivity index (χ4n) is 2.86. The van der Waals surface area contributed by atoms with Gasteiger partial charge in [0.25, 0.3) is 11.1 Å². The smallest absolute Gasteiger partial charge is 0.294 e. The van der Waals surface area contributed by atoms with E-state index < -0.39 is 17.1 Å². The fourth-order valence-corrected chi connectivity index (χ4v) is 3.87. The van der Waals surface area contributed by atoms with Crippen LogP contribution in [0.5, 0.6) is 5.75 Å². The summed E-state index contributed by atoms with van der Waals surface area (Å²) >= 11 is 6.84. The van der Waals surface area contributed by atoms with Crippen molar-refractivity contribution in [2.24, 2.45) is 0 Å². The third-order valence-corrected chi connectivity index (χ3v) is 5.67. The van der Waals surface area contributed by atoms with E-state index in [2.05, 4.69) is 5.32 Å². The van der Waals surface area contributed by atoms with E-state index in [-0.39, 0.29) is 11.4 Å². The molecule has 30 heavy (non-hydrogen) atoms. The van der Waals surface area contributed by atoms with Crippen molar-refractivity contribution < 1.29 is 19.1 Å². The molecule has 1 aliphatic heterocycles. The van der Waals surface area contributed by atoms with Gasteiger partial charge in [-0.2, -0.15) is 0 Å². The maximum absolute atomic E-state index is 12.7. The lowest BCUT2D eigenvalue weighted by molar-refractivity contribution is -0.127. The van der Waals surface area contributed by atoms with Gasteiger partial charge in [-0.05, 0) is 80.1 Å². The molecule has 0 radical (unpaired) electrons. The van der Waals surface area contributed by atoms with Crippen LogP contribution in [0.2, 0.25) is 5.02 Å². The van der Waals surface area contributed by atoms with Crippen LogP contribution < -0.4 is 10.1 Å². The van der Waals surface area contributed by atoms with Crippen LogP contribution in [0.1, 0.15) is 23.6 Å². The number of halogens is 1. The Morgan fingerprint density at radius 3 is 2.63 bits per heavy atom. The van der Waals surface area contributed by atoms with Crippen LogP contribution in [0.4, 0.5) is 10.5 Å². The van der Waals surface area contributed by atoms with E-state index in [1.165, 1.54) is 0 Å². The van der Waals surface area contributed by atoms with Crippen molar-refractivity contribution in [2.75, 3.05) is 18.5 Å². The SMILES string of the molecule is CCOc1ccc(Cl)cc1/C=C1\SC(=O)N(CC(=O)Nc2ccc(C)c(C)c2)C1=O. The zero-order valence-corrected chi connectivity index (χ0v) is 18.4. The summed E-state index contributed by atoms with van der Waals surface area (Å²) < 4.78 is 5.55. The number of carbonyl (C=O) groups excluding carboxylic acids is 3. The van der Waals surface area contributed by atoms with Gasteiger partial charge in [0.05, 0.1) is 11.5 Å². The highest BCUT2D eigenvalue weighted by Crippen LogP contribution is 2.34. The van der Waals surface area contributed by atoms with Crippen molar-refractivity contribution in [3.63, 3.8) is 0 Å². The third kappa shape index (κ3) is 5.04. The number of amides is 3. The highest BCUT2D eigenvalue weighted by molar-refractivity contribution is 8.18. The van der Waals surface area contributed by atoms with E-state index in [1.54, 1.807) is 30.3 Å². The van der Waals surface area contributed by atoms with Gasteiger partial charge in [-0.3, -0.25) is 19.3 Å². The molecule has 3 amide bonds. The van der Waals surface area contributed by atoms with Crippen molar-refractivity contribution in [3.05, 3.63) is 63.0 Å². The molecule has 0 atom stereocenters. The van der Waals surface area contributed by atoms with Crippen LogP contribution in [0.25, 0.3) is 6.08 Å². The van der Waals surface area contributed by atoms with Gasteiger partial charge in [-0.15, -0.1) is 0 Å². The van der Waals surface area contributed by atoms with Gasteiger partial charge >= 0.3 is 0 Å². The molecule has 6 nitrogen and oxygen atoms in total. The van der Waals surface area contributed by atoms with Crippen LogP contribution in [0.3, 0.4) is 0 Å². The fraction of sp³-hybridized carbons (Fsp3) is 0.227. The molecule has 1 saturated heterocycles. The van der Waals surface area contributed by atoms with E-state index in [9.17, 15) is 14.4 Å². The average Bonchev–Trinajstić information content (AvgIpc) is 2.94. The average molecular weight is 445 g/mol. The highest BCUT2D eigenvalue weighted by atomic mass is 35.5. The van der Waals surface area contributed by atoms with Gasteiger partial charge in [-0.25, -0.2) is 0 Å². The molecular weight excluding hydrogens is 424 g/mol. The van der Waals surface area contributed by atoms with Crippen molar-refractivity contribution in [1.82, 2.24) is 4.90 Å². The molecular formula is C22H21ClN2O4S. The van der Waals surface area contributed by atoms with Crippen molar-refractivity contribution in [1.29, 1.82) is 0 Å². The summed E-state index contributed by atoms with van der Waals surface area (Å²) in [6, 6.07) is 10.6. The van der Waals surface area contributed by atoms with E-state index >= 15 is 0 Å². The lowest BCUT2D eigenvalue weighted by atomic mass is 10.1. The molecule has 0 aromatic heterocycles. The molecule has 0 aliphatic carbocycles. The molecule has 3 rings (SSSR count). The Hall–Kier alpha value is -2.77. The monoisotopic (exact) mass is 444 g/mol. The van der Waals surface area contributed by atoms with E-state index in [0.717, 1.165) is 27.8 Å². The molecule has 0 bridgehead atoms. The number of anilines is 1. The minimum atomic E-state index is -0.525. The highest BCUT2D eigenvalue weighted by Gasteiger charge is 2.36. The number of nitrogens with zero attached hydrogens (tertiary/aromatic N) is 1. The second-order valence-electron chi connectivity index (χ2n) is 6.73. The van der Waals surface area contributed by atoms with Gasteiger partial charge in [0.2, 0.25) is 5.91 Å². The predicted molar refractivity (Wildman–Crippen MR) is 120 cm³/mol. The molecule has 2 aromatic carbocycles. The lowest BCUT2D eigenvalue weighted by Crippen LogP contribution is -2.36. The summed E-state index contributed by atoms with van der Waals surface area (Å²) in [4.78, 5) is 38.6. The van der Waals surface area contributed by atoms with Crippen molar-refractivity contribution in [2.45, 2.75) is 20.8 Å². The number of aryl methyl sites for hydroxylation is 2. The largest absolute Gasteiger partial charge is 0.493 e. The maximum Gasteiger partial charge on any atom is 0.294 e. The number of ether oxygens (including phenoxy) is 1. The molecule has 1 N–H and O–H groups in total. The Kier molecular flexibility index (Phi) is 6.84. The Labute approximate surface area is 184 Å². The van der Waals surface area contributed by atoms with E-state index in [4.69, 9.17) is 16.3 Å². The van der Waals surface area contributed by atoms with E-state index in [0.29, 0.717) is 28.6 Å². The van der Waals surface area contributed by atoms with Crippen LogP contribution in [-0.2, 0) is 9.59 Å². The number of thioether (sulfide) groups is 1. The van der Waals surface area contributed by atoms with Gasteiger partial charge in [0.15, 0.2) is 0 Å². The van der Waals surface area contributed by atoms with Gasteiger partial charge in [0.1, 0.15) is 12.3 Å². The Balaban J connectivity index is 1.74. The second kappa shape index (κ2) is 9.36. The minimum Gasteiger partial charge on any atom is -0.493 e. The normalized spacial score (nSPS) is 15.1. The number of hydrogen-bond acceptors (Lipinski definition) is 5. The first kappa shape index (κ1) is 21.9. The van der Waals surface area contributed by atoms with Crippen LogP contribution in [0.15, 0.2) is 41.3 Å². The summed E-state index contributed by atoms with van der Waals surface area (Å²) in [5, 5.41) is 2.71. The molecule has 8 heteroatoms. The zero-order valence-electron chi connectivity index (χ0n) is 16.8. The van der Waals surface area contributed by atoms with Crippen LogP contribution in [0, 0.1) is 13.8 Å². The summed E-state index contributed by atoms with van der Waals surface area (Å²) in [6.45, 7) is 5.86. The Morgan fingerprint density at radius 2 is 1.93 bits per heavy atom. The molecule has 0 saturated carbocycles. The summed E-state index contributed by atoms with van der Waals surface area (Å²) in [5.74, 6) is -0.414. The van der Waals surface area contributed by atoms with Crippen molar-refractivity contribution in [3.8, 4) is 5.75 Å². The molecule has 1 fully saturated rings. The summed E-state index contributed by atoms with van der Waals surface area (Å²) in [7, 11) is 0. The quantitative estimate of drug-likeness (QED) is 0.632. The second-order valence-corrected chi connectivity index (χ2v) is 8.16. The van der Waals surface area contributed by atoms with Crippen LogP contribution >= 0.6 is 23.4 Å². The predicted octanol–water partition coefficient (Wildman–Crippen LogP) is 5.03. The number of benzene rings is 2. The maximum atomic E-state index is 12.7. The first-order valence-electron chi connectivity index (χ1n) is 9.33. The lowest BCUT2D eigenvalue weighted by Gasteiger charge is -2.13. The summed E-state index contributed by atoms with van der Waals surface area (Å²) in [5.41, 5.74) is 3.35. The molecule has 1 aliphatic rings. The third-order valence-electron chi connectivity index (χ3n) is 4.52. The first-order valence-corrected chi connectivity index (χ1v) is 10.5. The van der Waals surface area contributed by atoms with Gasteiger partial charge in [-0.1, -0.05) is 17.7 Å².